The predicted molar refractivity (Wildman–Crippen MR) is 124 cm³/mol. The van der Waals surface area contributed by atoms with E-state index < -0.39 is 0 Å². The molecular formula is C26H28N2O3. The highest BCUT2D eigenvalue weighted by atomic mass is 16.5. The molecule has 1 atom stereocenters. The van der Waals surface area contributed by atoms with E-state index in [9.17, 15) is 9.59 Å². The molecule has 0 unspecified atom stereocenters. The first-order valence-electron chi connectivity index (χ1n) is 10.6. The molecular weight excluding hydrogens is 388 g/mol. The first-order valence-corrected chi connectivity index (χ1v) is 10.6. The number of anilines is 1. The van der Waals surface area contributed by atoms with E-state index in [2.05, 4.69) is 25.2 Å². The van der Waals surface area contributed by atoms with Crippen molar-refractivity contribution in [2.24, 2.45) is 0 Å². The summed E-state index contributed by atoms with van der Waals surface area (Å²) in [6.45, 7) is 8.22. The first kappa shape index (κ1) is 20.9. The minimum Gasteiger partial charge on any atom is -0.496 e. The van der Waals surface area contributed by atoms with E-state index in [0.717, 1.165) is 38.9 Å². The van der Waals surface area contributed by atoms with Gasteiger partial charge in [-0.1, -0.05) is 38.1 Å². The number of aryl methyl sites for hydroxylation is 1. The normalized spacial score (nSPS) is 13.7. The smallest absolute Gasteiger partial charge is 0.259 e. The van der Waals surface area contributed by atoms with Crippen molar-refractivity contribution >= 4 is 28.3 Å². The number of hydrogen-bond donors (Lipinski definition) is 1. The lowest BCUT2D eigenvalue weighted by Crippen LogP contribution is -2.40. The van der Waals surface area contributed by atoms with Crippen LogP contribution in [0.3, 0.4) is 0 Å². The van der Waals surface area contributed by atoms with Crippen molar-refractivity contribution in [3.63, 3.8) is 0 Å². The molecule has 5 heteroatoms. The van der Waals surface area contributed by atoms with E-state index >= 15 is 0 Å². The van der Waals surface area contributed by atoms with E-state index in [1.54, 1.807) is 12.0 Å². The molecule has 0 saturated heterocycles. The Kier molecular flexibility index (Phi) is 5.44. The summed E-state index contributed by atoms with van der Waals surface area (Å²) in [7, 11) is 1.68. The van der Waals surface area contributed by atoms with Gasteiger partial charge in [0.15, 0.2) is 0 Å². The van der Waals surface area contributed by atoms with Crippen molar-refractivity contribution in [2.45, 2.75) is 39.7 Å². The molecule has 5 nitrogen and oxygen atoms in total. The molecule has 160 valence electrons. The van der Waals surface area contributed by atoms with Crippen LogP contribution in [0.15, 0.2) is 48.5 Å². The lowest BCUT2D eigenvalue weighted by Gasteiger charge is -2.23. The van der Waals surface area contributed by atoms with Crippen LogP contribution in [0.1, 0.15) is 59.8 Å². The van der Waals surface area contributed by atoms with E-state index in [-0.39, 0.29) is 24.4 Å². The van der Waals surface area contributed by atoms with Gasteiger partial charge >= 0.3 is 0 Å². The molecule has 0 bridgehead atoms. The molecule has 0 radical (unpaired) electrons. The average molecular weight is 417 g/mol. The highest BCUT2D eigenvalue weighted by Crippen LogP contribution is 2.37. The van der Waals surface area contributed by atoms with E-state index in [0.29, 0.717) is 11.5 Å². The second-order valence-electron chi connectivity index (χ2n) is 8.47. The van der Waals surface area contributed by atoms with Gasteiger partial charge in [0.2, 0.25) is 5.91 Å². The van der Waals surface area contributed by atoms with Crippen molar-refractivity contribution < 1.29 is 14.3 Å². The zero-order valence-corrected chi connectivity index (χ0v) is 18.7. The Morgan fingerprint density at radius 2 is 1.77 bits per heavy atom. The van der Waals surface area contributed by atoms with Crippen LogP contribution in [-0.4, -0.2) is 25.5 Å². The quantitative estimate of drug-likeness (QED) is 0.607. The van der Waals surface area contributed by atoms with Crippen LogP contribution in [0.25, 0.3) is 10.8 Å². The monoisotopic (exact) mass is 416 g/mol. The Morgan fingerprint density at radius 3 is 2.45 bits per heavy atom. The molecule has 1 heterocycles. The van der Waals surface area contributed by atoms with Gasteiger partial charge in [-0.2, -0.15) is 0 Å². The van der Waals surface area contributed by atoms with Gasteiger partial charge < -0.3 is 10.1 Å². The number of amides is 2. The minimum absolute atomic E-state index is 0.0107. The summed E-state index contributed by atoms with van der Waals surface area (Å²) < 4.78 is 5.53. The molecule has 1 aliphatic heterocycles. The number of carbonyl (C=O) groups is 2. The van der Waals surface area contributed by atoms with Gasteiger partial charge in [-0.15, -0.1) is 0 Å². The number of nitrogens with zero attached hydrogens (tertiary/aromatic N) is 1. The molecule has 4 rings (SSSR count). The zero-order chi connectivity index (χ0) is 22.3. The van der Waals surface area contributed by atoms with Gasteiger partial charge in [-0.3, -0.25) is 14.5 Å². The predicted octanol–water partition coefficient (Wildman–Crippen LogP) is 5.12. The highest BCUT2D eigenvalue weighted by Gasteiger charge is 2.31. The summed E-state index contributed by atoms with van der Waals surface area (Å²) in [5.41, 5.74) is 4.67. The first-order chi connectivity index (χ1) is 14.8. The maximum absolute atomic E-state index is 12.9. The molecule has 0 saturated carbocycles. The molecule has 1 N–H and O–H groups in total. The van der Waals surface area contributed by atoms with Gasteiger partial charge in [0.05, 0.1) is 18.8 Å². The summed E-state index contributed by atoms with van der Waals surface area (Å²) in [5, 5.41) is 5.00. The van der Waals surface area contributed by atoms with Crippen molar-refractivity contribution in [2.75, 3.05) is 18.6 Å². The average Bonchev–Trinajstić information content (AvgIpc) is 3.01. The maximum atomic E-state index is 12.9. The lowest BCUT2D eigenvalue weighted by molar-refractivity contribution is -0.120. The largest absolute Gasteiger partial charge is 0.496 e. The third-order valence-corrected chi connectivity index (χ3v) is 6.04. The number of hydrogen-bond acceptors (Lipinski definition) is 3. The van der Waals surface area contributed by atoms with Crippen LogP contribution in [-0.2, 0) is 4.79 Å². The molecule has 0 fully saturated rings. The number of benzene rings is 3. The van der Waals surface area contributed by atoms with Crippen LogP contribution in [0.2, 0.25) is 0 Å². The number of methoxy groups -OCH3 is 1. The summed E-state index contributed by atoms with van der Waals surface area (Å²) in [6.07, 6.45) is 0. The van der Waals surface area contributed by atoms with Crippen LogP contribution in [0.4, 0.5) is 5.69 Å². The lowest BCUT2D eigenvalue weighted by atomic mass is 9.93. The van der Waals surface area contributed by atoms with Crippen molar-refractivity contribution in [3.05, 3.63) is 70.8 Å². The van der Waals surface area contributed by atoms with Crippen LogP contribution >= 0.6 is 0 Å². The molecule has 2 amide bonds. The third-order valence-electron chi connectivity index (χ3n) is 6.04. The van der Waals surface area contributed by atoms with E-state index in [1.165, 1.54) is 0 Å². The van der Waals surface area contributed by atoms with Crippen molar-refractivity contribution in [1.82, 2.24) is 5.32 Å². The SMILES string of the molecule is COc1cc(C)c([C@@H](C)NC(=O)CN2C(=O)c3cccc4cccc2c34)cc1C(C)C. The molecule has 31 heavy (non-hydrogen) atoms. The highest BCUT2D eigenvalue weighted by molar-refractivity contribution is 6.26. The number of rotatable bonds is 6. The Bertz CT molecular complexity index is 1180. The molecule has 3 aromatic rings. The van der Waals surface area contributed by atoms with Crippen molar-refractivity contribution in [1.29, 1.82) is 0 Å². The summed E-state index contributed by atoms with van der Waals surface area (Å²) in [4.78, 5) is 27.4. The van der Waals surface area contributed by atoms with Crippen molar-refractivity contribution in [3.8, 4) is 5.75 Å². The minimum atomic E-state index is -0.188. The summed E-state index contributed by atoms with van der Waals surface area (Å²) in [6, 6.07) is 15.4. The van der Waals surface area contributed by atoms with Gasteiger partial charge in [-0.25, -0.2) is 0 Å². The van der Waals surface area contributed by atoms with E-state index in [4.69, 9.17) is 4.74 Å². The topological polar surface area (TPSA) is 58.6 Å². The Labute approximate surface area is 183 Å². The third kappa shape index (κ3) is 3.65. The zero-order valence-electron chi connectivity index (χ0n) is 18.7. The molecule has 3 aromatic carbocycles. The Hall–Kier alpha value is -3.34. The van der Waals surface area contributed by atoms with Crippen LogP contribution in [0, 0.1) is 6.92 Å². The summed E-state index contributed by atoms with van der Waals surface area (Å²) in [5.74, 6) is 0.853. The standard InChI is InChI=1S/C26H28N2O3/c1-15(2)20-13-21(16(3)12-23(20)31-5)17(4)27-24(29)14-28-22-11-7-9-18-8-6-10-19(25(18)22)26(28)30/h6-13,15,17H,14H2,1-5H3,(H,27,29)/t17-/m1/s1. The molecule has 0 aliphatic carbocycles. The Morgan fingerprint density at radius 1 is 1.06 bits per heavy atom. The van der Waals surface area contributed by atoms with E-state index in [1.807, 2.05) is 56.3 Å². The second kappa shape index (κ2) is 8.06. The number of nitrogens with one attached hydrogen (secondary N) is 1. The van der Waals surface area contributed by atoms with Gasteiger partial charge in [0.25, 0.3) is 5.91 Å². The van der Waals surface area contributed by atoms with Gasteiger partial charge in [0.1, 0.15) is 12.3 Å². The van der Waals surface area contributed by atoms with Crippen LogP contribution in [0.5, 0.6) is 5.75 Å². The maximum Gasteiger partial charge on any atom is 0.259 e. The molecule has 1 aliphatic rings. The van der Waals surface area contributed by atoms with Gasteiger partial charge in [0, 0.05) is 10.9 Å². The number of carbonyl (C=O) groups excluding carboxylic acids is 2. The fourth-order valence-electron chi connectivity index (χ4n) is 4.45. The molecule has 0 aromatic heterocycles. The molecule has 0 spiro atoms. The Balaban J connectivity index is 1.55. The fraction of sp³-hybridized carbons (Fsp3) is 0.308. The fourth-order valence-corrected chi connectivity index (χ4v) is 4.45. The summed E-state index contributed by atoms with van der Waals surface area (Å²) >= 11 is 0. The van der Waals surface area contributed by atoms with Crippen LogP contribution < -0.4 is 15.0 Å². The van der Waals surface area contributed by atoms with Gasteiger partial charge in [-0.05, 0) is 66.1 Å². The second-order valence-corrected chi connectivity index (χ2v) is 8.47. The number of ether oxygens (including phenoxy) is 1.